The van der Waals surface area contributed by atoms with Crippen molar-refractivity contribution in [2.75, 3.05) is 13.2 Å². The highest BCUT2D eigenvalue weighted by Gasteiger charge is 2.19. The first-order chi connectivity index (χ1) is 9.95. The molecule has 1 aromatic carbocycles. The third kappa shape index (κ3) is 5.71. The van der Waals surface area contributed by atoms with E-state index in [1.165, 1.54) is 6.07 Å². The summed E-state index contributed by atoms with van der Waals surface area (Å²) in [5.74, 6) is -0.368. The van der Waals surface area contributed by atoms with Gasteiger partial charge < -0.3 is 14.8 Å². The van der Waals surface area contributed by atoms with E-state index in [1.807, 2.05) is 0 Å². The smallest absolute Gasteiger partial charge is 0.347 e. The van der Waals surface area contributed by atoms with E-state index in [4.69, 9.17) is 9.47 Å². The number of esters is 1. The highest BCUT2D eigenvalue weighted by molar-refractivity contribution is 5.74. The van der Waals surface area contributed by atoms with Crippen LogP contribution in [0.3, 0.4) is 0 Å². The first-order valence-corrected chi connectivity index (χ1v) is 7.27. The molecule has 1 aromatic rings. The normalized spacial score (nSPS) is 12.3. The van der Waals surface area contributed by atoms with Crippen molar-refractivity contribution in [1.29, 1.82) is 0 Å². The minimum atomic E-state index is -0.842. The second-order valence-corrected chi connectivity index (χ2v) is 5.26. The summed E-state index contributed by atoms with van der Waals surface area (Å²) in [5, 5.41) is 3.23. The Labute approximate surface area is 125 Å². The quantitative estimate of drug-likeness (QED) is 0.750. The van der Waals surface area contributed by atoms with Crippen LogP contribution in [-0.2, 0) is 16.1 Å². The summed E-state index contributed by atoms with van der Waals surface area (Å²) in [6, 6.07) is 4.73. The lowest BCUT2D eigenvalue weighted by molar-refractivity contribution is -0.150. The number of benzene rings is 1. The van der Waals surface area contributed by atoms with Gasteiger partial charge in [0.15, 0.2) is 17.7 Å². The summed E-state index contributed by atoms with van der Waals surface area (Å²) in [6.07, 6.45) is -0.842. The molecule has 4 nitrogen and oxygen atoms in total. The lowest BCUT2D eigenvalue weighted by atomic mass is 10.1. The molecule has 0 heterocycles. The fourth-order valence-corrected chi connectivity index (χ4v) is 1.80. The van der Waals surface area contributed by atoms with Gasteiger partial charge in [-0.15, -0.1) is 0 Å². The highest BCUT2D eigenvalue weighted by Crippen LogP contribution is 2.24. The number of carbonyl (C=O) groups is 1. The Morgan fingerprint density at radius 2 is 2.05 bits per heavy atom. The largest absolute Gasteiger partial charge is 0.476 e. The molecule has 0 radical (unpaired) electrons. The molecule has 0 bridgehead atoms. The van der Waals surface area contributed by atoms with E-state index in [-0.39, 0.29) is 12.4 Å². The van der Waals surface area contributed by atoms with Crippen LogP contribution in [0.4, 0.5) is 4.39 Å². The van der Waals surface area contributed by atoms with Crippen molar-refractivity contribution in [2.45, 2.75) is 40.3 Å². The molecule has 0 aliphatic rings. The zero-order chi connectivity index (χ0) is 15.8. The standard InChI is InChI=1S/C16H24FNO3/c1-5-20-16(19)12(4)21-15-13(7-6-8-14(15)17)10-18-9-11(2)3/h6-8,11-12,18H,5,9-10H2,1-4H3. The van der Waals surface area contributed by atoms with E-state index in [1.54, 1.807) is 26.0 Å². The van der Waals surface area contributed by atoms with Crippen molar-refractivity contribution >= 4 is 5.97 Å². The van der Waals surface area contributed by atoms with E-state index in [0.29, 0.717) is 18.0 Å². The second-order valence-electron chi connectivity index (χ2n) is 5.26. The number of nitrogens with one attached hydrogen (secondary N) is 1. The first-order valence-electron chi connectivity index (χ1n) is 7.27. The van der Waals surface area contributed by atoms with Crippen LogP contribution in [0.2, 0.25) is 0 Å². The van der Waals surface area contributed by atoms with Gasteiger partial charge in [0, 0.05) is 12.1 Å². The predicted octanol–water partition coefficient (Wildman–Crippen LogP) is 2.90. The molecule has 1 atom stereocenters. The molecule has 0 amide bonds. The van der Waals surface area contributed by atoms with Gasteiger partial charge in [-0.2, -0.15) is 0 Å². The van der Waals surface area contributed by atoms with E-state index in [9.17, 15) is 9.18 Å². The van der Waals surface area contributed by atoms with Gasteiger partial charge >= 0.3 is 5.97 Å². The van der Waals surface area contributed by atoms with E-state index in [0.717, 1.165) is 6.54 Å². The van der Waals surface area contributed by atoms with Crippen LogP contribution in [0, 0.1) is 11.7 Å². The molecule has 118 valence electrons. The van der Waals surface area contributed by atoms with E-state index in [2.05, 4.69) is 19.2 Å². The summed E-state index contributed by atoms with van der Waals surface area (Å²) < 4.78 is 24.3. The van der Waals surface area contributed by atoms with Gasteiger partial charge in [-0.05, 0) is 32.4 Å². The average molecular weight is 297 g/mol. The van der Waals surface area contributed by atoms with E-state index >= 15 is 0 Å². The lowest BCUT2D eigenvalue weighted by Gasteiger charge is -2.17. The zero-order valence-corrected chi connectivity index (χ0v) is 13.1. The van der Waals surface area contributed by atoms with Crippen molar-refractivity contribution in [3.63, 3.8) is 0 Å². The molecule has 1 N–H and O–H groups in total. The maximum absolute atomic E-state index is 13.9. The molecule has 0 aromatic heterocycles. The van der Waals surface area contributed by atoms with Crippen LogP contribution in [0.25, 0.3) is 0 Å². The number of hydrogen-bond donors (Lipinski definition) is 1. The number of rotatable bonds is 8. The maximum atomic E-state index is 13.9. The Morgan fingerprint density at radius 3 is 2.67 bits per heavy atom. The minimum Gasteiger partial charge on any atom is -0.476 e. The number of halogens is 1. The molecule has 0 spiro atoms. The number of ether oxygens (including phenoxy) is 2. The highest BCUT2D eigenvalue weighted by atomic mass is 19.1. The van der Waals surface area contributed by atoms with Gasteiger partial charge in [0.05, 0.1) is 6.61 Å². The molecule has 5 heteroatoms. The van der Waals surface area contributed by atoms with Crippen LogP contribution < -0.4 is 10.1 Å². The molecule has 1 unspecified atom stereocenters. The van der Waals surface area contributed by atoms with Crippen molar-refractivity contribution in [3.8, 4) is 5.75 Å². The second kappa shape index (κ2) is 8.62. The lowest BCUT2D eigenvalue weighted by Crippen LogP contribution is -2.27. The topological polar surface area (TPSA) is 47.6 Å². The van der Waals surface area contributed by atoms with Gasteiger partial charge in [0.1, 0.15) is 0 Å². The van der Waals surface area contributed by atoms with Gasteiger partial charge in [0.2, 0.25) is 0 Å². The number of hydrogen-bond acceptors (Lipinski definition) is 4. The average Bonchev–Trinajstić information content (AvgIpc) is 2.42. The Kier molecular flexibility index (Phi) is 7.15. The predicted molar refractivity (Wildman–Crippen MR) is 79.7 cm³/mol. The Hall–Kier alpha value is -1.62. The minimum absolute atomic E-state index is 0.106. The first kappa shape index (κ1) is 17.4. The fourth-order valence-electron chi connectivity index (χ4n) is 1.80. The van der Waals surface area contributed by atoms with Crippen LogP contribution in [0.15, 0.2) is 18.2 Å². The van der Waals surface area contributed by atoms with Gasteiger partial charge in [-0.3, -0.25) is 0 Å². The third-order valence-corrected chi connectivity index (χ3v) is 2.83. The van der Waals surface area contributed by atoms with Gasteiger partial charge in [-0.1, -0.05) is 26.0 Å². The summed E-state index contributed by atoms with van der Waals surface area (Å²) in [6.45, 7) is 9.04. The Bertz CT molecular complexity index is 463. The van der Waals surface area contributed by atoms with Crippen molar-refractivity contribution in [1.82, 2.24) is 5.32 Å². The van der Waals surface area contributed by atoms with Gasteiger partial charge in [-0.25, -0.2) is 9.18 Å². The summed E-state index contributed by atoms with van der Waals surface area (Å²) >= 11 is 0. The molecule has 1 rings (SSSR count). The summed E-state index contributed by atoms with van der Waals surface area (Å²) in [5.41, 5.74) is 0.687. The van der Waals surface area contributed by atoms with Crippen LogP contribution in [-0.4, -0.2) is 25.2 Å². The van der Waals surface area contributed by atoms with Crippen molar-refractivity contribution in [2.24, 2.45) is 5.92 Å². The fraction of sp³-hybridized carbons (Fsp3) is 0.562. The molecular formula is C16H24FNO3. The van der Waals surface area contributed by atoms with Crippen molar-refractivity contribution in [3.05, 3.63) is 29.6 Å². The SMILES string of the molecule is CCOC(=O)C(C)Oc1c(F)cccc1CNCC(C)C. The van der Waals surface area contributed by atoms with Crippen LogP contribution in [0.1, 0.15) is 33.3 Å². The summed E-state index contributed by atoms with van der Waals surface area (Å²) in [7, 11) is 0. The van der Waals surface area contributed by atoms with E-state index < -0.39 is 17.9 Å². The molecule has 0 aliphatic heterocycles. The van der Waals surface area contributed by atoms with Gasteiger partial charge in [0.25, 0.3) is 0 Å². The van der Waals surface area contributed by atoms with Crippen LogP contribution in [0.5, 0.6) is 5.75 Å². The maximum Gasteiger partial charge on any atom is 0.347 e. The molecule has 0 fully saturated rings. The molecule has 21 heavy (non-hydrogen) atoms. The monoisotopic (exact) mass is 297 g/mol. The molecular weight excluding hydrogens is 273 g/mol. The number of para-hydroxylation sites is 1. The zero-order valence-electron chi connectivity index (χ0n) is 13.1. The molecule has 0 aliphatic carbocycles. The van der Waals surface area contributed by atoms with Crippen LogP contribution >= 0.6 is 0 Å². The Morgan fingerprint density at radius 1 is 1.33 bits per heavy atom. The molecule has 0 saturated carbocycles. The van der Waals surface area contributed by atoms with Crippen molar-refractivity contribution < 1.29 is 18.7 Å². The number of carbonyl (C=O) groups excluding carboxylic acids is 1. The Balaban J connectivity index is 2.77. The molecule has 0 saturated heterocycles. The third-order valence-electron chi connectivity index (χ3n) is 2.83. The summed E-state index contributed by atoms with van der Waals surface area (Å²) in [4.78, 5) is 11.6.